The molecule has 2 amide bonds. The van der Waals surface area contributed by atoms with Gasteiger partial charge in [0, 0.05) is 14.1 Å². The number of hydrogen-bond acceptors (Lipinski definition) is 3. The Morgan fingerprint density at radius 2 is 2.07 bits per heavy atom. The van der Waals surface area contributed by atoms with Gasteiger partial charge >= 0.3 is 0 Å². The van der Waals surface area contributed by atoms with Gasteiger partial charge < -0.3 is 16.0 Å². The van der Waals surface area contributed by atoms with Crippen molar-refractivity contribution in [3.05, 3.63) is 23.9 Å². The molecule has 0 aromatic heterocycles. The van der Waals surface area contributed by atoms with Crippen LogP contribution in [0.15, 0.2) is 23.9 Å². The Labute approximate surface area is 82.2 Å². The minimum atomic E-state index is -0.475. The summed E-state index contributed by atoms with van der Waals surface area (Å²) in [5.74, 6) is -0.404. The summed E-state index contributed by atoms with van der Waals surface area (Å²) in [6, 6.07) is -0.475. The lowest BCUT2D eigenvalue weighted by atomic mass is 10.1. The first-order valence-electron chi connectivity index (χ1n) is 4.27. The smallest absolute Gasteiger partial charge is 0.267 e. The number of carbonyl (C=O) groups is 2. The molecule has 0 spiro atoms. The van der Waals surface area contributed by atoms with E-state index in [1.807, 2.05) is 0 Å². The van der Waals surface area contributed by atoms with E-state index in [0.717, 1.165) is 0 Å². The van der Waals surface area contributed by atoms with E-state index in [-0.39, 0.29) is 11.8 Å². The normalized spacial score (nSPS) is 19.3. The number of carbonyl (C=O) groups excluding carboxylic acids is 2. The monoisotopic (exact) mass is 195 g/mol. The van der Waals surface area contributed by atoms with Crippen LogP contribution in [0, 0.1) is 0 Å². The van der Waals surface area contributed by atoms with Crippen LogP contribution in [0.2, 0.25) is 0 Å². The highest BCUT2D eigenvalue weighted by atomic mass is 16.2. The first kappa shape index (κ1) is 10.3. The summed E-state index contributed by atoms with van der Waals surface area (Å²) < 4.78 is 0. The van der Waals surface area contributed by atoms with Crippen molar-refractivity contribution in [2.45, 2.75) is 6.04 Å². The van der Waals surface area contributed by atoms with Crippen LogP contribution >= 0.6 is 0 Å². The van der Waals surface area contributed by atoms with Gasteiger partial charge in [-0.05, 0) is 6.08 Å². The van der Waals surface area contributed by atoms with Gasteiger partial charge in [0.1, 0.15) is 11.7 Å². The summed E-state index contributed by atoms with van der Waals surface area (Å²) in [6.07, 6.45) is 4.99. The van der Waals surface area contributed by atoms with Gasteiger partial charge in [0.2, 0.25) is 5.91 Å². The van der Waals surface area contributed by atoms with Crippen LogP contribution in [0.25, 0.3) is 0 Å². The van der Waals surface area contributed by atoms with Crippen LogP contribution in [-0.2, 0) is 9.59 Å². The highest BCUT2D eigenvalue weighted by Crippen LogP contribution is 2.02. The van der Waals surface area contributed by atoms with Crippen molar-refractivity contribution in [3.63, 3.8) is 0 Å². The quantitative estimate of drug-likeness (QED) is 0.523. The minimum Gasteiger partial charge on any atom is -0.366 e. The van der Waals surface area contributed by atoms with E-state index >= 15 is 0 Å². The summed E-state index contributed by atoms with van der Waals surface area (Å²) in [5, 5.41) is 7.78. The van der Waals surface area contributed by atoms with Crippen molar-refractivity contribution < 1.29 is 9.59 Å². The van der Waals surface area contributed by atoms with Gasteiger partial charge in [0.05, 0.1) is 0 Å². The first-order valence-corrected chi connectivity index (χ1v) is 4.27. The molecule has 1 aliphatic heterocycles. The number of allylic oxidation sites excluding steroid dienone is 2. The number of dihydropyridines is 1. The fraction of sp³-hybridized carbons (Fsp3) is 0.333. The average molecular weight is 195 g/mol. The van der Waals surface area contributed by atoms with Gasteiger partial charge in [-0.1, -0.05) is 12.2 Å². The molecule has 0 aliphatic carbocycles. The maximum absolute atomic E-state index is 11.2. The molecule has 1 aliphatic rings. The molecule has 1 unspecified atom stereocenters. The molecule has 0 saturated carbocycles. The van der Waals surface area contributed by atoms with E-state index < -0.39 is 6.04 Å². The second-order valence-corrected chi connectivity index (χ2v) is 2.78. The number of amides is 2. The second kappa shape index (κ2) is 4.45. The molecule has 0 aromatic carbocycles. The summed E-state index contributed by atoms with van der Waals surface area (Å²) in [5.41, 5.74) is 0.392. The van der Waals surface area contributed by atoms with Crippen molar-refractivity contribution in [1.29, 1.82) is 0 Å². The SMILES string of the molecule is CNC(=O)C1=CC=CC(C(=O)NC)N1. The third-order valence-corrected chi connectivity index (χ3v) is 1.88. The molecule has 5 nitrogen and oxygen atoms in total. The zero-order valence-corrected chi connectivity index (χ0v) is 8.13. The van der Waals surface area contributed by atoms with Crippen molar-refractivity contribution in [2.75, 3.05) is 14.1 Å². The fourth-order valence-corrected chi connectivity index (χ4v) is 1.11. The Hall–Kier alpha value is -1.78. The topological polar surface area (TPSA) is 70.2 Å². The summed E-state index contributed by atoms with van der Waals surface area (Å²) in [6.45, 7) is 0. The Kier molecular flexibility index (Phi) is 3.28. The fourth-order valence-electron chi connectivity index (χ4n) is 1.11. The van der Waals surface area contributed by atoms with Crippen LogP contribution < -0.4 is 16.0 Å². The first-order chi connectivity index (χ1) is 6.69. The van der Waals surface area contributed by atoms with Gasteiger partial charge in [0.15, 0.2) is 0 Å². The van der Waals surface area contributed by atoms with Gasteiger partial charge in [-0.15, -0.1) is 0 Å². The molecule has 1 heterocycles. The molecule has 5 heteroatoms. The molecule has 76 valence electrons. The Bertz CT molecular complexity index is 307. The molecule has 1 rings (SSSR count). The summed E-state index contributed by atoms with van der Waals surface area (Å²) in [4.78, 5) is 22.5. The molecule has 14 heavy (non-hydrogen) atoms. The molecule has 0 aromatic rings. The molecule has 0 saturated heterocycles. The van der Waals surface area contributed by atoms with E-state index in [1.54, 1.807) is 25.3 Å². The van der Waals surface area contributed by atoms with Gasteiger partial charge in [-0.2, -0.15) is 0 Å². The van der Waals surface area contributed by atoms with Crippen LogP contribution in [0.4, 0.5) is 0 Å². The molecule has 0 fully saturated rings. The molecular formula is C9H13N3O2. The molecule has 0 bridgehead atoms. The van der Waals surface area contributed by atoms with Crippen molar-refractivity contribution in [1.82, 2.24) is 16.0 Å². The van der Waals surface area contributed by atoms with E-state index in [2.05, 4.69) is 16.0 Å². The highest BCUT2D eigenvalue weighted by molar-refractivity contribution is 5.95. The third kappa shape index (κ3) is 2.12. The van der Waals surface area contributed by atoms with Crippen LogP contribution in [-0.4, -0.2) is 32.0 Å². The van der Waals surface area contributed by atoms with Gasteiger partial charge in [0.25, 0.3) is 5.91 Å². The minimum absolute atomic E-state index is 0.171. The Morgan fingerprint density at radius 1 is 1.36 bits per heavy atom. The maximum atomic E-state index is 11.2. The number of nitrogens with one attached hydrogen (secondary N) is 3. The molecule has 0 radical (unpaired) electrons. The Balaban J connectivity index is 2.69. The molecular weight excluding hydrogens is 182 g/mol. The van der Waals surface area contributed by atoms with E-state index in [4.69, 9.17) is 0 Å². The summed E-state index contributed by atoms with van der Waals surface area (Å²) in [7, 11) is 3.09. The van der Waals surface area contributed by atoms with Crippen molar-refractivity contribution in [2.24, 2.45) is 0 Å². The largest absolute Gasteiger partial charge is 0.366 e. The average Bonchev–Trinajstić information content (AvgIpc) is 2.27. The number of likely N-dealkylation sites (N-methyl/N-ethyl adjacent to an activating group) is 2. The van der Waals surface area contributed by atoms with Crippen LogP contribution in [0.5, 0.6) is 0 Å². The van der Waals surface area contributed by atoms with E-state index in [0.29, 0.717) is 5.70 Å². The predicted octanol–water partition coefficient (Wildman–Crippen LogP) is -1.11. The number of rotatable bonds is 2. The third-order valence-electron chi connectivity index (χ3n) is 1.88. The van der Waals surface area contributed by atoms with Crippen LogP contribution in [0.1, 0.15) is 0 Å². The second-order valence-electron chi connectivity index (χ2n) is 2.78. The lowest BCUT2D eigenvalue weighted by Gasteiger charge is -2.19. The van der Waals surface area contributed by atoms with Gasteiger partial charge in [-0.3, -0.25) is 9.59 Å². The molecule has 3 N–H and O–H groups in total. The zero-order chi connectivity index (χ0) is 10.6. The lowest BCUT2D eigenvalue weighted by molar-refractivity contribution is -0.121. The van der Waals surface area contributed by atoms with E-state index in [1.165, 1.54) is 7.05 Å². The zero-order valence-electron chi connectivity index (χ0n) is 8.13. The van der Waals surface area contributed by atoms with Crippen molar-refractivity contribution >= 4 is 11.8 Å². The van der Waals surface area contributed by atoms with E-state index in [9.17, 15) is 9.59 Å². The standard InChI is InChI=1S/C9H13N3O2/c1-10-8(13)6-4-3-5-7(12-6)9(14)11-2/h3-6,12H,1-2H3,(H,10,13)(H,11,14). The summed E-state index contributed by atoms with van der Waals surface area (Å²) >= 11 is 0. The predicted molar refractivity (Wildman–Crippen MR) is 52.3 cm³/mol. The highest BCUT2D eigenvalue weighted by Gasteiger charge is 2.19. The number of hydrogen-bond donors (Lipinski definition) is 3. The van der Waals surface area contributed by atoms with Crippen molar-refractivity contribution in [3.8, 4) is 0 Å². The van der Waals surface area contributed by atoms with Crippen LogP contribution in [0.3, 0.4) is 0 Å². The van der Waals surface area contributed by atoms with Gasteiger partial charge in [-0.25, -0.2) is 0 Å². The Morgan fingerprint density at radius 3 is 2.64 bits per heavy atom. The maximum Gasteiger partial charge on any atom is 0.267 e. The lowest BCUT2D eigenvalue weighted by Crippen LogP contribution is -2.45. The molecule has 1 atom stereocenters.